The zero-order chi connectivity index (χ0) is 10.6. The van der Waals surface area contributed by atoms with Gasteiger partial charge in [0.25, 0.3) is 0 Å². The summed E-state index contributed by atoms with van der Waals surface area (Å²) in [5.74, 6) is 2.53. The zero-order valence-corrected chi connectivity index (χ0v) is 9.58. The van der Waals surface area contributed by atoms with E-state index in [2.05, 4.69) is 24.0 Å². The molecule has 4 nitrogen and oxygen atoms in total. The van der Waals surface area contributed by atoms with Crippen LogP contribution in [0.4, 0.5) is 0 Å². The molecule has 0 N–H and O–H groups in total. The predicted octanol–water partition coefficient (Wildman–Crippen LogP) is 1.79. The van der Waals surface area contributed by atoms with Gasteiger partial charge in [0.15, 0.2) is 0 Å². The fourth-order valence-corrected chi connectivity index (χ4v) is 1.50. The average Bonchev–Trinajstić information content (AvgIpc) is 2.57. The summed E-state index contributed by atoms with van der Waals surface area (Å²) in [5, 5.41) is 8.15. The highest BCUT2D eigenvalue weighted by molar-refractivity contribution is 6.16. The molecule has 5 heteroatoms. The molecule has 0 amide bonds. The van der Waals surface area contributed by atoms with Gasteiger partial charge in [0.2, 0.25) is 0 Å². The predicted molar refractivity (Wildman–Crippen MR) is 55.5 cm³/mol. The van der Waals surface area contributed by atoms with Crippen molar-refractivity contribution >= 4 is 11.6 Å². The minimum absolute atomic E-state index is 0.358. The summed E-state index contributed by atoms with van der Waals surface area (Å²) in [4.78, 5) is 0. The third-order valence-corrected chi connectivity index (χ3v) is 2.25. The minimum atomic E-state index is 0.358. The molecule has 80 valence electrons. The Balaban J connectivity index is 2.88. The maximum absolute atomic E-state index is 5.76. The van der Waals surface area contributed by atoms with Crippen LogP contribution in [-0.2, 0) is 17.2 Å². The van der Waals surface area contributed by atoms with E-state index in [0.717, 1.165) is 18.2 Å². The Hall–Kier alpha value is -0.610. The number of nitrogens with zero attached hydrogens (tertiary/aromatic N) is 3. The molecule has 1 aromatic heterocycles. The Bertz CT molecular complexity index is 286. The maximum Gasteiger partial charge on any atom is 0.148 e. The first kappa shape index (κ1) is 11.5. The number of hydrogen-bond acceptors (Lipinski definition) is 3. The van der Waals surface area contributed by atoms with Crippen molar-refractivity contribution in [1.29, 1.82) is 0 Å². The molecule has 0 bridgehead atoms. The highest BCUT2D eigenvalue weighted by Gasteiger charge is 2.13. The van der Waals surface area contributed by atoms with E-state index < -0.39 is 0 Å². The molecule has 1 rings (SSSR count). The summed E-state index contributed by atoms with van der Waals surface area (Å²) < 4.78 is 7.06. The van der Waals surface area contributed by atoms with Crippen LogP contribution >= 0.6 is 11.6 Å². The fourth-order valence-electron chi connectivity index (χ4n) is 1.30. The lowest BCUT2D eigenvalue weighted by atomic mass is 10.2. The van der Waals surface area contributed by atoms with Gasteiger partial charge < -0.3 is 9.30 Å². The number of methoxy groups -OCH3 is 1. The molecule has 0 aliphatic carbocycles. The third-order valence-electron chi connectivity index (χ3n) is 2.01. The normalized spacial score (nSPS) is 11.2. The van der Waals surface area contributed by atoms with E-state index >= 15 is 0 Å². The van der Waals surface area contributed by atoms with Crippen molar-refractivity contribution in [3.05, 3.63) is 11.6 Å². The van der Waals surface area contributed by atoms with E-state index in [9.17, 15) is 0 Å². The van der Waals surface area contributed by atoms with Crippen LogP contribution < -0.4 is 0 Å². The van der Waals surface area contributed by atoms with Crippen molar-refractivity contribution in [2.24, 2.45) is 0 Å². The molecule has 0 aliphatic rings. The number of ether oxygens (including phenoxy) is 1. The van der Waals surface area contributed by atoms with Gasteiger partial charge in [-0.15, -0.1) is 21.8 Å². The van der Waals surface area contributed by atoms with Crippen LogP contribution in [0, 0.1) is 0 Å². The summed E-state index contributed by atoms with van der Waals surface area (Å²) in [6.45, 7) is 5.59. The smallest absolute Gasteiger partial charge is 0.148 e. The van der Waals surface area contributed by atoms with Crippen LogP contribution in [0.3, 0.4) is 0 Å². The molecular formula is C9H16ClN3O. The number of halogens is 1. The van der Waals surface area contributed by atoms with Crippen molar-refractivity contribution < 1.29 is 4.74 Å². The Morgan fingerprint density at radius 2 is 2.14 bits per heavy atom. The summed E-state index contributed by atoms with van der Waals surface area (Å²) in [5.41, 5.74) is 0. The molecule has 0 aliphatic heterocycles. The monoisotopic (exact) mass is 217 g/mol. The van der Waals surface area contributed by atoms with Crippen molar-refractivity contribution in [2.45, 2.75) is 32.2 Å². The van der Waals surface area contributed by atoms with Gasteiger partial charge in [-0.2, -0.15) is 0 Å². The standard InChI is InChI=1S/C9H16ClN3O/c1-7(2)9-12-11-8(6-10)13(9)4-5-14-3/h7H,4-6H2,1-3H3. The van der Waals surface area contributed by atoms with Crippen molar-refractivity contribution in [3.63, 3.8) is 0 Å². The molecule has 1 aromatic rings. The second-order valence-electron chi connectivity index (χ2n) is 3.41. The van der Waals surface area contributed by atoms with Gasteiger partial charge >= 0.3 is 0 Å². The number of alkyl halides is 1. The second-order valence-corrected chi connectivity index (χ2v) is 3.67. The molecule has 0 aromatic carbocycles. The largest absolute Gasteiger partial charge is 0.383 e. The van der Waals surface area contributed by atoms with Crippen LogP contribution in [0.2, 0.25) is 0 Å². The van der Waals surface area contributed by atoms with Gasteiger partial charge in [-0.3, -0.25) is 0 Å². The lowest BCUT2D eigenvalue weighted by molar-refractivity contribution is 0.185. The minimum Gasteiger partial charge on any atom is -0.383 e. The quantitative estimate of drug-likeness (QED) is 0.706. The van der Waals surface area contributed by atoms with Crippen LogP contribution in [0.5, 0.6) is 0 Å². The van der Waals surface area contributed by atoms with E-state index in [0.29, 0.717) is 18.4 Å². The average molecular weight is 218 g/mol. The van der Waals surface area contributed by atoms with Gasteiger partial charge in [0.1, 0.15) is 11.6 Å². The number of hydrogen-bond donors (Lipinski definition) is 0. The van der Waals surface area contributed by atoms with Gasteiger partial charge in [0, 0.05) is 19.6 Å². The van der Waals surface area contributed by atoms with Crippen molar-refractivity contribution in [1.82, 2.24) is 14.8 Å². The molecule has 14 heavy (non-hydrogen) atoms. The first-order valence-electron chi connectivity index (χ1n) is 4.67. The maximum atomic E-state index is 5.76. The first-order chi connectivity index (χ1) is 6.70. The van der Waals surface area contributed by atoms with Gasteiger partial charge in [0.05, 0.1) is 12.5 Å². The molecule has 0 fully saturated rings. The second kappa shape index (κ2) is 5.32. The highest BCUT2D eigenvalue weighted by Crippen LogP contribution is 2.14. The van der Waals surface area contributed by atoms with E-state index in [1.165, 1.54) is 0 Å². The van der Waals surface area contributed by atoms with Crippen LogP contribution in [0.15, 0.2) is 0 Å². The summed E-state index contributed by atoms with van der Waals surface area (Å²) in [6, 6.07) is 0. The van der Waals surface area contributed by atoms with E-state index in [-0.39, 0.29) is 0 Å². The lowest BCUT2D eigenvalue weighted by Gasteiger charge is -2.10. The van der Waals surface area contributed by atoms with Gasteiger partial charge in [-0.25, -0.2) is 0 Å². The van der Waals surface area contributed by atoms with Crippen molar-refractivity contribution in [2.75, 3.05) is 13.7 Å². The molecule has 0 saturated carbocycles. The SMILES string of the molecule is COCCn1c(CCl)nnc1C(C)C. The number of aromatic nitrogens is 3. The Morgan fingerprint density at radius 1 is 1.43 bits per heavy atom. The van der Waals surface area contributed by atoms with E-state index in [1.54, 1.807) is 7.11 Å². The molecule has 0 unspecified atom stereocenters. The highest BCUT2D eigenvalue weighted by atomic mass is 35.5. The lowest BCUT2D eigenvalue weighted by Crippen LogP contribution is -2.12. The Labute approximate surface area is 89.2 Å². The van der Waals surface area contributed by atoms with Gasteiger partial charge in [-0.1, -0.05) is 13.8 Å². The van der Waals surface area contributed by atoms with Crippen LogP contribution in [0.1, 0.15) is 31.4 Å². The molecule has 0 atom stereocenters. The van der Waals surface area contributed by atoms with E-state index in [1.807, 2.05) is 4.57 Å². The van der Waals surface area contributed by atoms with Gasteiger partial charge in [-0.05, 0) is 0 Å². The summed E-state index contributed by atoms with van der Waals surface area (Å²) >= 11 is 5.76. The third kappa shape index (κ3) is 2.45. The summed E-state index contributed by atoms with van der Waals surface area (Å²) in [6.07, 6.45) is 0. The van der Waals surface area contributed by atoms with E-state index in [4.69, 9.17) is 16.3 Å². The number of rotatable bonds is 5. The molecule has 1 heterocycles. The fraction of sp³-hybridized carbons (Fsp3) is 0.778. The first-order valence-corrected chi connectivity index (χ1v) is 5.21. The topological polar surface area (TPSA) is 39.9 Å². The van der Waals surface area contributed by atoms with Crippen LogP contribution in [0.25, 0.3) is 0 Å². The van der Waals surface area contributed by atoms with Crippen molar-refractivity contribution in [3.8, 4) is 0 Å². The summed E-state index contributed by atoms with van der Waals surface area (Å²) in [7, 11) is 1.68. The molecule has 0 radical (unpaired) electrons. The molecule has 0 saturated heterocycles. The Morgan fingerprint density at radius 3 is 2.64 bits per heavy atom. The Kier molecular flexibility index (Phi) is 4.35. The molecule has 0 spiro atoms. The molecular weight excluding hydrogens is 202 g/mol. The zero-order valence-electron chi connectivity index (χ0n) is 8.83. The van der Waals surface area contributed by atoms with Crippen LogP contribution in [-0.4, -0.2) is 28.5 Å².